The first kappa shape index (κ1) is 13.3. The number of aryl methyl sites for hydroxylation is 3. The number of aromatic amines is 1. The molecule has 0 atom stereocenters. The number of carbonyl (C=O) groups excluding carboxylic acids is 1. The van der Waals surface area contributed by atoms with Gasteiger partial charge in [0.1, 0.15) is 5.82 Å². The van der Waals surface area contributed by atoms with Crippen molar-refractivity contribution in [3.8, 4) is 0 Å². The molecule has 102 valence electrons. The van der Waals surface area contributed by atoms with Crippen LogP contribution in [-0.2, 0) is 13.5 Å². The van der Waals surface area contributed by atoms with E-state index in [2.05, 4.69) is 25.6 Å². The van der Waals surface area contributed by atoms with E-state index >= 15 is 0 Å². The van der Waals surface area contributed by atoms with Crippen LogP contribution >= 0.6 is 0 Å². The molecule has 0 spiro atoms. The molecule has 1 amide bonds. The van der Waals surface area contributed by atoms with Crippen molar-refractivity contribution in [2.24, 2.45) is 7.05 Å². The van der Waals surface area contributed by atoms with Gasteiger partial charge in [-0.05, 0) is 20.3 Å². The van der Waals surface area contributed by atoms with E-state index in [4.69, 9.17) is 0 Å². The zero-order chi connectivity index (χ0) is 14.0. The summed E-state index contributed by atoms with van der Waals surface area (Å²) >= 11 is 0. The fourth-order valence-electron chi connectivity index (χ4n) is 1.87. The number of amides is 1. The van der Waals surface area contributed by atoms with Crippen LogP contribution < -0.4 is 5.32 Å². The molecule has 0 aliphatic heterocycles. The zero-order valence-corrected chi connectivity index (χ0v) is 11.6. The van der Waals surface area contributed by atoms with E-state index in [9.17, 15) is 4.79 Å². The highest BCUT2D eigenvalue weighted by molar-refractivity contribution is 6.02. The Morgan fingerprint density at radius 3 is 2.74 bits per heavy atom. The molecule has 0 saturated heterocycles. The number of nitrogens with zero attached hydrogens (tertiary/aromatic N) is 4. The molecular formula is C12H18N6O. The molecule has 0 bridgehead atoms. The number of nitrogens with one attached hydrogen (secondary N) is 2. The van der Waals surface area contributed by atoms with Crippen LogP contribution in [0.15, 0.2) is 0 Å². The molecule has 0 radical (unpaired) electrons. The molecule has 2 aromatic rings. The molecule has 0 aromatic carbocycles. The number of anilines is 1. The first-order chi connectivity index (χ1) is 9.02. The lowest BCUT2D eigenvalue weighted by Gasteiger charge is -2.02. The normalized spacial score (nSPS) is 10.7. The number of hydrogen-bond acceptors (Lipinski definition) is 4. The first-order valence-electron chi connectivity index (χ1n) is 6.25. The molecule has 0 aliphatic rings. The van der Waals surface area contributed by atoms with Gasteiger partial charge in [-0.3, -0.25) is 14.6 Å². The van der Waals surface area contributed by atoms with Crippen molar-refractivity contribution < 1.29 is 4.79 Å². The Labute approximate surface area is 111 Å². The van der Waals surface area contributed by atoms with Gasteiger partial charge in [0, 0.05) is 13.5 Å². The summed E-state index contributed by atoms with van der Waals surface area (Å²) in [7, 11) is 1.84. The van der Waals surface area contributed by atoms with Crippen LogP contribution in [-0.4, -0.2) is 30.9 Å². The van der Waals surface area contributed by atoms with Crippen LogP contribution in [0, 0.1) is 13.8 Å². The molecule has 2 aromatic heterocycles. The molecule has 7 nitrogen and oxygen atoms in total. The van der Waals surface area contributed by atoms with Crippen LogP contribution in [0.25, 0.3) is 0 Å². The molecule has 19 heavy (non-hydrogen) atoms. The summed E-state index contributed by atoms with van der Waals surface area (Å²) in [5.41, 5.74) is 2.39. The average Bonchev–Trinajstić information content (AvgIpc) is 2.91. The van der Waals surface area contributed by atoms with Gasteiger partial charge in [-0.15, -0.1) is 5.10 Å². The number of aromatic nitrogens is 5. The standard InChI is InChI=1S/C12H18N6O/c1-5-6-9-13-11(16-15-9)12(19)14-10-7(2)17-18(4)8(10)3/h5-6H2,1-4H3,(H,14,19)(H,13,15,16). The molecule has 0 unspecified atom stereocenters. The fourth-order valence-corrected chi connectivity index (χ4v) is 1.87. The number of rotatable bonds is 4. The molecule has 7 heteroatoms. The predicted octanol–water partition coefficient (Wildman–Crippen LogP) is 1.36. The Morgan fingerprint density at radius 1 is 1.42 bits per heavy atom. The van der Waals surface area contributed by atoms with Gasteiger partial charge < -0.3 is 5.32 Å². The minimum atomic E-state index is -0.321. The van der Waals surface area contributed by atoms with Gasteiger partial charge in [0.15, 0.2) is 0 Å². The zero-order valence-electron chi connectivity index (χ0n) is 11.6. The Morgan fingerprint density at radius 2 is 2.16 bits per heavy atom. The summed E-state index contributed by atoms with van der Waals surface area (Å²) in [4.78, 5) is 16.2. The fraction of sp³-hybridized carbons (Fsp3) is 0.500. The van der Waals surface area contributed by atoms with Crippen LogP contribution in [0.5, 0.6) is 0 Å². The second kappa shape index (κ2) is 5.21. The SMILES string of the molecule is CCCc1nc(C(=O)Nc2c(C)nn(C)c2C)n[nH]1. The van der Waals surface area contributed by atoms with Gasteiger partial charge in [-0.1, -0.05) is 6.92 Å². The van der Waals surface area contributed by atoms with Gasteiger partial charge in [0.25, 0.3) is 5.91 Å². The van der Waals surface area contributed by atoms with E-state index in [1.54, 1.807) is 4.68 Å². The van der Waals surface area contributed by atoms with Gasteiger partial charge >= 0.3 is 0 Å². The van der Waals surface area contributed by atoms with Crippen molar-refractivity contribution in [2.75, 3.05) is 5.32 Å². The van der Waals surface area contributed by atoms with Gasteiger partial charge in [0.05, 0.1) is 17.1 Å². The molecule has 2 N–H and O–H groups in total. The van der Waals surface area contributed by atoms with E-state index in [1.807, 2.05) is 27.8 Å². The van der Waals surface area contributed by atoms with E-state index in [0.29, 0.717) is 5.69 Å². The number of H-pyrrole nitrogens is 1. The van der Waals surface area contributed by atoms with Crippen molar-refractivity contribution in [2.45, 2.75) is 33.6 Å². The summed E-state index contributed by atoms with van der Waals surface area (Å²) in [5.74, 6) is 0.566. The smallest absolute Gasteiger partial charge is 0.295 e. The van der Waals surface area contributed by atoms with Crippen molar-refractivity contribution in [1.82, 2.24) is 25.0 Å². The van der Waals surface area contributed by atoms with Crippen molar-refractivity contribution in [1.29, 1.82) is 0 Å². The Kier molecular flexibility index (Phi) is 3.64. The third kappa shape index (κ3) is 2.64. The summed E-state index contributed by atoms with van der Waals surface area (Å²) in [5, 5.41) is 13.7. The quantitative estimate of drug-likeness (QED) is 0.870. The summed E-state index contributed by atoms with van der Waals surface area (Å²) in [6.07, 6.45) is 1.74. The highest BCUT2D eigenvalue weighted by atomic mass is 16.2. The monoisotopic (exact) mass is 262 g/mol. The molecular weight excluding hydrogens is 244 g/mol. The van der Waals surface area contributed by atoms with E-state index in [1.165, 1.54) is 0 Å². The van der Waals surface area contributed by atoms with Gasteiger partial charge in [-0.25, -0.2) is 4.98 Å². The number of hydrogen-bond donors (Lipinski definition) is 2. The highest BCUT2D eigenvalue weighted by Crippen LogP contribution is 2.18. The van der Waals surface area contributed by atoms with Crippen molar-refractivity contribution >= 4 is 11.6 Å². The maximum atomic E-state index is 12.1. The van der Waals surface area contributed by atoms with Crippen LogP contribution in [0.2, 0.25) is 0 Å². The van der Waals surface area contributed by atoms with E-state index in [0.717, 1.165) is 30.1 Å². The number of carbonyl (C=O) groups is 1. The lowest BCUT2D eigenvalue weighted by atomic mass is 10.3. The first-order valence-corrected chi connectivity index (χ1v) is 6.25. The molecule has 0 aliphatic carbocycles. The summed E-state index contributed by atoms with van der Waals surface area (Å²) in [6.45, 7) is 5.80. The minimum absolute atomic E-state index is 0.158. The van der Waals surface area contributed by atoms with E-state index < -0.39 is 0 Å². The Hall–Kier alpha value is -2.18. The maximum absolute atomic E-state index is 12.1. The minimum Gasteiger partial charge on any atom is -0.316 e. The van der Waals surface area contributed by atoms with Crippen LogP contribution in [0.4, 0.5) is 5.69 Å². The maximum Gasteiger partial charge on any atom is 0.295 e. The molecule has 2 heterocycles. The lowest BCUT2D eigenvalue weighted by molar-refractivity contribution is 0.101. The largest absolute Gasteiger partial charge is 0.316 e. The second-order valence-corrected chi connectivity index (χ2v) is 4.48. The average molecular weight is 262 g/mol. The third-order valence-corrected chi connectivity index (χ3v) is 2.97. The highest BCUT2D eigenvalue weighted by Gasteiger charge is 2.17. The predicted molar refractivity (Wildman–Crippen MR) is 71.0 cm³/mol. The van der Waals surface area contributed by atoms with Crippen molar-refractivity contribution in [3.05, 3.63) is 23.0 Å². The van der Waals surface area contributed by atoms with Crippen molar-refractivity contribution in [3.63, 3.8) is 0 Å². The van der Waals surface area contributed by atoms with Gasteiger partial charge in [-0.2, -0.15) is 5.10 Å². The second-order valence-electron chi connectivity index (χ2n) is 4.48. The summed E-state index contributed by atoms with van der Waals surface area (Å²) < 4.78 is 1.73. The van der Waals surface area contributed by atoms with Crippen LogP contribution in [0.3, 0.4) is 0 Å². The summed E-state index contributed by atoms with van der Waals surface area (Å²) in [6, 6.07) is 0. The van der Waals surface area contributed by atoms with Gasteiger partial charge in [0.2, 0.25) is 5.82 Å². The lowest BCUT2D eigenvalue weighted by Crippen LogP contribution is -2.15. The van der Waals surface area contributed by atoms with E-state index in [-0.39, 0.29) is 11.7 Å². The van der Waals surface area contributed by atoms with Crippen LogP contribution in [0.1, 0.15) is 41.2 Å². The Bertz CT molecular complexity index is 597. The molecule has 2 rings (SSSR count). The molecule has 0 saturated carbocycles. The topological polar surface area (TPSA) is 88.5 Å². The molecule has 0 fully saturated rings. The Balaban J connectivity index is 2.16. The third-order valence-electron chi connectivity index (χ3n) is 2.97.